The Bertz CT molecular complexity index is 511. The minimum atomic E-state index is 0.403. The fourth-order valence-electron chi connectivity index (χ4n) is 2.52. The van der Waals surface area contributed by atoms with E-state index < -0.39 is 0 Å². The van der Waals surface area contributed by atoms with Crippen molar-refractivity contribution in [3.8, 4) is 0 Å². The average Bonchev–Trinajstić information content (AvgIpc) is 3.17. The standard InChI is InChI=1S/C15H24N4S/c1-9-7-13(14(15(16)20)11(3)18-9)17-8-10(2)19(4)12-5-6-12/h7,10,12H,5-6,8H2,1-4H3,(H2,16,20)(H,17,18). The molecule has 1 saturated carbocycles. The highest BCUT2D eigenvalue weighted by molar-refractivity contribution is 7.80. The van der Waals surface area contributed by atoms with Gasteiger partial charge in [-0.05, 0) is 46.7 Å². The molecule has 3 N–H and O–H groups in total. The molecule has 1 unspecified atom stereocenters. The number of rotatable bonds is 6. The lowest BCUT2D eigenvalue weighted by atomic mass is 10.1. The summed E-state index contributed by atoms with van der Waals surface area (Å²) in [6, 6.07) is 3.27. The summed E-state index contributed by atoms with van der Waals surface area (Å²) in [7, 11) is 2.20. The van der Waals surface area contributed by atoms with Crippen LogP contribution in [0.5, 0.6) is 0 Å². The Morgan fingerprint density at radius 3 is 2.75 bits per heavy atom. The van der Waals surface area contributed by atoms with Gasteiger partial charge in [-0.2, -0.15) is 0 Å². The van der Waals surface area contributed by atoms with Gasteiger partial charge in [-0.25, -0.2) is 0 Å². The zero-order valence-electron chi connectivity index (χ0n) is 12.7. The van der Waals surface area contributed by atoms with Crippen LogP contribution in [-0.4, -0.2) is 40.5 Å². The van der Waals surface area contributed by atoms with E-state index in [1.807, 2.05) is 19.9 Å². The van der Waals surface area contributed by atoms with E-state index in [4.69, 9.17) is 18.0 Å². The molecule has 1 fully saturated rings. The molecule has 1 aromatic heterocycles. The van der Waals surface area contributed by atoms with Crippen molar-refractivity contribution in [2.75, 3.05) is 18.9 Å². The Labute approximate surface area is 126 Å². The number of aromatic nitrogens is 1. The Balaban J connectivity index is 2.10. The zero-order valence-corrected chi connectivity index (χ0v) is 13.5. The van der Waals surface area contributed by atoms with Crippen molar-refractivity contribution < 1.29 is 0 Å². The Kier molecular flexibility index (Phi) is 4.60. The number of likely N-dealkylation sites (N-methyl/N-ethyl adjacent to an activating group) is 1. The number of hydrogen-bond acceptors (Lipinski definition) is 4. The third-order valence-corrected chi connectivity index (χ3v) is 4.18. The molecular weight excluding hydrogens is 268 g/mol. The number of hydrogen-bond donors (Lipinski definition) is 2. The molecule has 0 bridgehead atoms. The zero-order chi connectivity index (χ0) is 14.9. The summed E-state index contributed by atoms with van der Waals surface area (Å²) in [6.45, 7) is 7.06. The molecule has 0 amide bonds. The lowest BCUT2D eigenvalue weighted by molar-refractivity contribution is 0.257. The number of thiocarbonyl (C=S) groups is 1. The van der Waals surface area contributed by atoms with Crippen LogP contribution in [-0.2, 0) is 0 Å². The summed E-state index contributed by atoms with van der Waals surface area (Å²) < 4.78 is 0. The van der Waals surface area contributed by atoms with Crippen LogP contribution in [0.2, 0.25) is 0 Å². The molecule has 5 heteroatoms. The number of pyridine rings is 1. The number of nitrogens with two attached hydrogens (primary N) is 1. The largest absolute Gasteiger partial charge is 0.389 e. The van der Waals surface area contributed by atoms with Gasteiger partial charge in [-0.1, -0.05) is 12.2 Å². The van der Waals surface area contributed by atoms with Crippen molar-refractivity contribution in [3.63, 3.8) is 0 Å². The smallest absolute Gasteiger partial charge is 0.107 e. The van der Waals surface area contributed by atoms with E-state index in [1.165, 1.54) is 12.8 Å². The van der Waals surface area contributed by atoms with Crippen LogP contribution in [0.1, 0.15) is 36.7 Å². The number of aryl methyl sites for hydroxylation is 2. The maximum absolute atomic E-state index is 5.83. The molecule has 2 rings (SSSR count). The first-order valence-electron chi connectivity index (χ1n) is 7.14. The van der Waals surface area contributed by atoms with Crippen molar-refractivity contribution in [1.82, 2.24) is 9.88 Å². The minimum Gasteiger partial charge on any atom is -0.389 e. The summed E-state index contributed by atoms with van der Waals surface area (Å²) in [5, 5.41) is 3.49. The second kappa shape index (κ2) is 6.06. The molecule has 1 atom stereocenters. The highest BCUT2D eigenvalue weighted by Crippen LogP contribution is 2.27. The Morgan fingerprint density at radius 1 is 1.55 bits per heavy atom. The van der Waals surface area contributed by atoms with Crippen molar-refractivity contribution in [2.45, 2.75) is 45.7 Å². The van der Waals surface area contributed by atoms with Crippen molar-refractivity contribution in [1.29, 1.82) is 0 Å². The average molecular weight is 292 g/mol. The maximum atomic E-state index is 5.83. The Morgan fingerprint density at radius 2 is 2.20 bits per heavy atom. The van der Waals surface area contributed by atoms with Crippen LogP contribution in [0, 0.1) is 13.8 Å². The molecule has 4 nitrogen and oxygen atoms in total. The van der Waals surface area contributed by atoms with Gasteiger partial charge in [0.05, 0.1) is 5.56 Å². The summed E-state index contributed by atoms with van der Waals surface area (Å²) in [5.41, 5.74) is 9.57. The summed E-state index contributed by atoms with van der Waals surface area (Å²) in [5.74, 6) is 0. The first kappa shape index (κ1) is 15.2. The number of anilines is 1. The topological polar surface area (TPSA) is 54.2 Å². The second-order valence-corrected chi connectivity index (χ2v) is 6.20. The normalized spacial score (nSPS) is 16.2. The van der Waals surface area contributed by atoms with E-state index in [9.17, 15) is 0 Å². The molecule has 0 aromatic carbocycles. The van der Waals surface area contributed by atoms with E-state index in [2.05, 4.69) is 29.2 Å². The summed E-state index contributed by atoms with van der Waals surface area (Å²) >= 11 is 5.15. The van der Waals surface area contributed by atoms with Gasteiger partial charge in [0.2, 0.25) is 0 Å². The van der Waals surface area contributed by atoms with Gasteiger partial charge in [0, 0.05) is 35.7 Å². The molecule has 1 aromatic rings. The fourth-order valence-corrected chi connectivity index (χ4v) is 2.78. The van der Waals surface area contributed by atoms with E-state index in [1.54, 1.807) is 0 Å². The van der Waals surface area contributed by atoms with E-state index in [0.29, 0.717) is 11.0 Å². The van der Waals surface area contributed by atoms with Gasteiger partial charge in [0.25, 0.3) is 0 Å². The van der Waals surface area contributed by atoms with Gasteiger partial charge in [0.1, 0.15) is 4.99 Å². The second-order valence-electron chi connectivity index (χ2n) is 5.76. The first-order chi connectivity index (χ1) is 9.40. The van der Waals surface area contributed by atoms with Crippen LogP contribution in [0.4, 0.5) is 5.69 Å². The molecule has 1 aliphatic rings. The molecule has 0 aliphatic heterocycles. The monoisotopic (exact) mass is 292 g/mol. The van der Waals surface area contributed by atoms with Crippen molar-refractivity contribution in [3.05, 3.63) is 23.0 Å². The van der Waals surface area contributed by atoms with Gasteiger partial charge < -0.3 is 11.1 Å². The fraction of sp³-hybridized carbons (Fsp3) is 0.600. The molecule has 110 valence electrons. The third kappa shape index (κ3) is 3.46. The van der Waals surface area contributed by atoms with Gasteiger partial charge in [-0.15, -0.1) is 0 Å². The molecule has 1 aliphatic carbocycles. The lowest BCUT2D eigenvalue weighted by Crippen LogP contribution is -2.36. The van der Waals surface area contributed by atoms with E-state index in [0.717, 1.165) is 35.2 Å². The summed E-state index contributed by atoms with van der Waals surface area (Å²) in [4.78, 5) is 7.28. The highest BCUT2D eigenvalue weighted by atomic mass is 32.1. The number of nitrogens with one attached hydrogen (secondary N) is 1. The van der Waals surface area contributed by atoms with E-state index >= 15 is 0 Å². The molecular formula is C15H24N4S. The maximum Gasteiger partial charge on any atom is 0.107 e. The number of nitrogens with zero attached hydrogens (tertiary/aromatic N) is 2. The van der Waals surface area contributed by atoms with Crippen LogP contribution < -0.4 is 11.1 Å². The lowest BCUT2D eigenvalue weighted by Gasteiger charge is -2.25. The Hall–Kier alpha value is -1.20. The van der Waals surface area contributed by atoms with Gasteiger partial charge in [0.15, 0.2) is 0 Å². The molecule has 1 heterocycles. The quantitative estimate of drug-likeness (QED) is 0.788. The predicted molar refractivity (Wildman–Crippen MR) is 88.3 cm³/mol. The predicted octanol–water partition coefficient (Wildman–Crippen LogP) is 2.23. The van der Waals surface area contributed by atoms with Gasteiger partial charge >= 0.3 is 0 Å². The van der Waals surface area contributed by atoms with Crippen LogP contribution >= 0.6 is 12.2 Å². The summed E-state index contributed by atoms with van der Waals surface area (Å²) in [6.07, 6.45) is 2.65. The SMILES string of the molecule is Cc1cc(NCC(C)N(C)C2CC2)c(C(N)=S)c(C)n1. The van der Waals surface area contributed by atoms with Crippen molar-refractivity contribution in [2.24, 2.45) is 5.73 Å². The molecule has 0 spiro atoms. The van der Waals surface area contributed by atoms with Crippen LogP contribution in [0.15, 0.2) is 6.07 Å². The molecule has 0 radical (unpaired) electrons. The highest BCUT2D eigenvalue weighted by Gasteiger charge is 2.29. The van der Waals surface area contributed by atoms with Gasteiger partial charge in [-0.3, -0.25) is 9.88 Å². The van der Waals surface area contributed by atoms with Crippen LogP contribution in [0.25, 0.3) is 0 Å². The van der Waals surface area contributed by atoms with Crippen molar-refractivity contribution >= 4 is 22.9 Å². The van der Waals surface area contributed by atoms with Crippen LogP contribution in [0.3, 0.4) is 0 Å². The third-order valence-electron chi connectivity index (χ3n) is 3.98. The first-order valence-corrected chi connectivity index (χ1v) is 7.54. The molecule has 0 saturated heterocycles. The van der Waals surface area contributed by atoms with E-state index in [-0.39, 0.29) is 0 Å². The molecule has 20 heavy (non-hydrogen) atoms. The minimum absolute atomic E-state index is 0.403.